The lowest BCUT2D eigenvalue weighted by Crippen LogP contribution is -2.21. The molecule has 0 spiro atoms. The normalized spacial score (nSPS) is 12.8. The molecule has 0 radical (unpaired) electrons. The van der Waals surface area contributed by atoms with Gasteiger partial charge in [-0.15, -0.1) is 0 Å². The van der Waals surface area contributed by atoms with Crippen LogP contribution >= 0.6 is 11.6 Å². The molecule has 94 valence electrons. The summed E-state index contributed by atoms with van der Waals surface area (Å²) in [5.74, 6) is 0.200. The first kappa shape index (κ1) is 14.2. The average Bonchev–Trinajstić information content (AvgIpc) is 2.29. The SMILES string of the molecule is C=C(C(C)C)C(CN)Cc1ccc(Cl)c(F)c1. The third-order valence-electron chi connectivity index (χ3n) is 3.02. The van der Waals surface area contributed by atoms with Crippen LogP contribution in [0.5, 0.6) is 0 Å². The van der Waals surface area contributed by atoms with Crippen molar-refractivity contribution in [3.8, 4) is 0 Å². The Morgan fingerprint density at radius 1 is 1.47 bits per heavy atom. The Hall–Kier alpha value is -0.860. The smallest absolute Gasteiger partial charge is 0.142 e. The Labute approximate surface area is 107 Å². The molecule has 1 aromatic carbocycles. The number of rotatable bonds is 5. The molecular formula is C14H19ClFN. The van der Waals surface area contributed by atoms with Gasteiger partial charge in [0.1, 0.15) is 5.82 Å². The van der Waals surface area contributed by atoms with Gasteiger partial charge in [0, 0.05) is 0 Å². The van der Waals surface area contributed by atoms with Crippen molar-refractivity contribution in [3.05, 3.63) is 46.8 Å². The first-order chi connectivity index (χ1) is 7.95. The largest absolute Gasteiger partial charge is 0.330 e. The van der Waals surface area contributed by atoms with Crippen molar-refractivity contribution in [1.29, 1.82) is 0 Å². The second kappa shape index (κ2) is 6.18. The van der Waals surface area contributed by atoms with E-state index in [9.17, 15) is 4.39 Å². The first-order valence-electron chi connectivity index (χ1n) is 5.78. The highest BCUT2D eigenvalue weighted by atomic mass is 35.5. The predicted molar refractivity (Wildman–Crippen MR) is 71.6 cm³/mol. The molecule has 3 heteroatoms. The van der Waals surface area contributed by atoms with Crippen LogP contribution in [-0.4, -0.2) is 6.54 Å². The van der Waals surface area contributed by atoms with Crippen LogP contribution in [0.1, 0.15) is 19.4 Å². The minimum Gasteiger partial charge on any atom is -0.330 e. The lowest BCUT2D eigenvalue weighted by atomic mass is 9.86. The molecule has 2 N–H and O–H groups in total. The van der Waals surface area contributed by atoms with Gasteiger partial charge < -0.3 is 5.73 Å². The number of hydrogen-bond donors (Lipinski definition) is 1. The molecule has 1 atom stereocenters. The van der Waals surface area contributed by atoms with E-state index in [4.69, 9.17) is 17.3 Å². The highest BCUT2D eigenvalue weighted by molar-refractivity contribution is 6.30. The van der Waals surface area contributed by atoms with Crippen LogP contribution in [0.3, 0.4) is 0 Å². The zero-order valence-electron chi connectivity index (χ0n) is 10.3. The zero-order valence-corrected chi connectivity index (χ0v) is 11.1. The minimum atomic E-state index is -0.380. The van der Waals surface area contributed by atoms with Crippen LogP contribution in [0.2, 0.25) is 5.02 Å². The van der Waals surface area contributed by atoms with Gasteiger partial charge >= 0.3 is 0 Å². The van der Waals surface area contributed by atoms with Crippen LogP contribution in [0.4, 0.5) is 4.39 Å². The molecule has 0 aromatic heterocycles. The molecule has 0 heterocycles. The van der Waals surface area contributed by atoms with Crippen molar-refractivity contribution in [2.75, 3.05) is 6.54 Å². The summed E-state index contributed by atoms with van der Waals surface area (Å²) in [6.07, 6.45) is 0.710. The van der Waals surface area contributed by atoms with E-state index in [0.29, 0.717) is 18.9 Å². The van der Waals surface area contributed by atoms with Gasteiger partial charge in [-0.25, -0.2) is 4.39 Å². The Bertz CT molecular complexity index is 401. The molecule has 1 unspecified atom stereocenters. The van der Waals surface area contributed by atoms with Gasteiger partial charge in [-0.3, -0.25) is 0 Å². The van der Waals surface area contributed by atoms with E-state index in [1.165, 1.54) is 6.07 Å². The highest BCUT2D eigenvalue weighted by Gasteiger charge is 2.15. The number of halogens is 2. The lowest BCUT2D eigenvalue weighted by Gasteiger charge is -2.20. The van der Waals surface area contributed by atoms with Gasteiger partial charge in [-0.05, 0) is 42.5 Å². The molecule has 0 saturated carbocycles. The maximum absolute atomic E-state index is 13.3. The van der Waals surface area contributed by atoms with E-state index in [1.807, 2.05) is 6.07 Å². The van der Waals surface area contributed by atoms with Gasteiger partial charge in [0.25, 0.3) is 0 Å². The van der Waals surface area contributed by atoms with Crippen molar-refractivity contribution >= 4 is 11.6 Å². The summed E-state index contributed by atoms with van der Waals surface area (Å²) in [4.78, 5) is 0. The van der Waals surface area contributed by atoms with E-state index in [2.05, 4.69) is 20.4 Å². The van der Waals surface area contributed by atoms with Crippen LogP contribution in [-0.2, 0) is 6.42 Å². The standard InChI is InChI=1S/C14H19ClFN/c1-9(2)10(3)12(8-17)6-11-4-5-13(15)14(16)7-11/h4-5,7,9,12H,3,6,8,17H2,1-2H3. The van der Waals surface area contributed by atoms with Crippen molar-refractivity contribution in [3.63, 3.8) is 0 Å². The summed E-state index contributed by atoms with van der Waals surface area (Å²) in [5.41, 5.74) is 7.77. The highest BCUT2D eigenvalue weighted by Crippen LogP contribution is 2.23. The fraction of sp³-hybridized carbons (Fsp3) is 0.429. The minimum absolute atomic E-state index is 0.153. The van der Waals surface area contributed by atoms with Gasteiger partial charge in [0.15, 0.2) is 0 Å². The quantitative estimate of drug-likeness (QED) is 0.796. The molecule has 0 saturated heterocycles. The summed E-state index contributed by atoms with van der Waals surface area (Å²) in [5, 5.41) is 0.153. The van der Waals surface area contributed by atoms with E-state index < -0.39 is 0 Å². The Kier molecular flexibility index (Phi) is 5.16. The average molecular weight is 256 g/mol. The van der Waals surface area contributed by atoms with Crippen molar-refractivity contribution < 1.29 is 4.39 Å². The van der Waals surface area contributed by atoms with E-state index in [-0.39, 0.29) is 16.8 Å². The van der Waals surface area contributed by atoms with Crippen LogP contribution in [0.25, 0.3) is 0 Å². The monoisotopic (exact) mass is 255 g/mol. The lowest BCUT2D eigenvalue weighted by molar-refractivity contribution is 0.547. The summed E-state index contributed by atoms with van der Waals surface area (Å²) in [7, 11) is 0. The molecule has 1 aromatic rings. The van der Waals surface area contributed by atoms with Crippen LogP contribution in [0.15, 0.2) is 30.4 Å². The van der Waals surface area contributed by atoms with E-state index >= 15 is 0 Å². The number of nitrogens with two attached hydrogens (primary N) is 1. The molecule has 1 nitrogen and oxygen atoms in total. The molecular weight excluding hydrogens is 237 g/mol. The third kappa shape index (κ3) is 3.83. The molecule has 1 rings (SSSR count). The predicted octanol–water partition coefficient (Wildman–Crippen LogP) is 3.81. The fourth-order valence-corrected chi connectivity index (χ4v) is 1.91. The van der Waals surface area contributed by atoms with Crippen LogP contribution in [0, 0.1) is 17.7 Å². The van der Waals surface area contributed by atoms with Crippen LogP contribution < -0.4 is 5.73 Å². The van der Waals surface area contributed by atoms with E-state index in [1.54, 1.807) is 6.07 Å². The Morgan fingerprint density at radius 2 is 2.12 bits per heavy atom. The maximum Gasteiger partial charge on any atom is 0.142 e. The molecule has 0 aliphatic heterocycles. The molecule has 0 aliphatic rings. The molecule has 17 heavy (non-hydrogen) atoms. The molecule has 0 aliphatic carbocycles. The van der Waals surface area contributed by atoms with Gasteiger partial charge in [0.2, 0.25) is 0 Å². The fourth-order valence-electron chi connectivity index (χ4n) is 1.79. The number of benzene rings is 1. The second-order valence-electron chi connectivity index (χ2n) is 4.61. The molecule has 0 bridgehead atoms. The first-order valence-corrected chi connectivity index (χ1v) is 6.16. The maximum atomic E-state index is 13.3. The Balaban J connectivity index is 2.80. The summed E-state index contributed by atoms with van der Waals surface area (Å²) >= 11 is 5.65. The second-order valence-corrected chi connectivity index (χ2v) is 5.02. The summed E-state index contributed by atoms with van der Waals surface area (Å²) < 4.78 is 13.3. The Morgan fingerprint density at radius 3 is 2.59 bits per heavy atom. The number of hydrogen-bond acceptors (Lipinski definition) is 1. The van der Waals surface area contributed by atoms with Crippen molar-refractivity contribution in [2.24, 2.45) is 17.6 Å². The molecule has 0 fully saturated rings. The topological polar surface area (TPSA) is 26.0 Å². The summed E-state index contributed by atoms with van der Waals surface area (Å²) in [6.45, 7) is 8.77. The van der Waals surface area contributed by atoms with Crippen molar-refractivity contribution in [2.45, 2.75) is 20.3 Å². The zero-order chi connectivity index (χ0) is 13.0. The molecule has 0 amide bonds. The van der Waals surface area contributed by atoms with Gasteiger partial charge in [-0.2, -0.15) is 0 Å². The van der Waals surface area contributed by atoms with Gasteiger partial charge in [-0.1, -0.05) is 43.7 Å². The third-order valence-corrected chi connectivity index (χ3v) is 3.32. The van der Waals surface area contributed by atoms with E-state index in [0.717, 1.165) is 11.1 Å². The van der Waals surface area contributed by atoms with Gasteiger partial charge in [0.05, 0.1) is 5.02 Å². The summed E-state index contributed by atoms with van der Waals surface area (Å²) in [6, 6.07) is 4.89. The van der Waals surface area contributed by atoms with Crippen molar-refractivity contribution in [1.82, 2.24) is 0 Å².